The van der Waals surface area contributed by atoms with Crippen molar-refractivity contribution in [3.8, 4) is 28.7 Å². The second kappa shape index (κ2) is 9.46. The van der Waals surface area contributed by atoms with Crippen molar-refractivity contribution in [2.24, 2.45) is 0 Å². The molecule has 0 saturated heterocycles. The first-order chi connectivity index (χ1) is 15.9. The highest BCUT2D eigenvalue weighted by atomic mass is 35.5. The van der Waals surface area contributed by atoms with E-state index < -0.39 is 0 Å². The third-order valence-corrected chi connectivity index (χ3v) is 5.50. The predicted molar refractivity (Wildman–Crippen MR) is 126 cm³/mol. The van der Waals surface area contributed by atoms with Crippen LogP contribution < -0.4 is 23.7 Å². The average Bonchev–Trinajstić information content (AvgIpc) is 3.12. The van der Waals surface area contributed by atoms with Gasteiger partial charge in [0.1, 0.15) is 23.9 Å². The van der Waals surface area contributed by atoms with Gasteiger partial charge in [0, 0.05) is 22.7 Å². The van der Waals surface area contributed by atoms with Gasteiger partial charge in [-0.1, -0.05) is 23.7 Å². The molecule has 0 aliphatic carbocycles. The molecular weight excluding hydrogens is 444 g/mol. The summed E-state index contributed by atoms with van der Waals surface area (Å²) >= 11 is 6.04. The van der Waals surface area contributed by atoms with Crippen LogP contribution in [0.2, 0.25) is 5.02 Å². The first kappa shape index (κ1) is 22.6. The van der Waals surface area contributed by atoms with Crippen LogP contribution in [-0.4, -0.2) is 27.1 Å². The van der Waals surface area contributed by atoms with E-state index in [1.165, 1.54) is 0 Å². The number of hydrogen-bond acceptors (Lipinski definition) is 6. The van der Waals surface area contributed by atoms with Crippen LogP contribution in [0.1, 0.15) is 27.0 Å². The van der Waals surface area contributed by atoms with Crippen molar-refractivity contribution in [2.75, 3.05) is 21.3 Å². The lowest BCUT2D eigenvalue weighted by Crippen LogP contribution is -2.01. The van der Waals surface area contributed by atoms with Crippen molar-refractivity contribution < 1.29 is 28.5 Å². The molecule has 0 spiro atoms. The van der Waals surface area contributed by atoms with Crippen molar-refractivity contribution in [1.82, 2.24) is 0 Å². The lowest BCUT2D eigenvalue weighted by atomic mass is 10.0. The van der Waals surface area contributed by atoms with Gasteiger partial charge in [-0.05, 0) is 48.4 Å². The van der Waals surface area contributed by atoms with Crippen molar-refractivity contribution in [1.29, 1.82) is 0 Å². The molecule has 6 nitrogen and oxygen atoms in total. The van der Waals surface area contributed by atoms with Gasteiger partial charge in [-0.15, -0.1) is 0 Å². The lowest BCUT2D eigenvalue weighted by Gasteiger charge is -2.12. The fraction of sp³-hybridized carbons (Fsp3) is 0.192. The van der Waals surface area contributed by atoms with E-state index in [2.05, 4.69) is 0 Å². The fourth-order valence-corrected chi connectivity index (χ4v) is 3.87. The van der Waals surface area contributed by atoms with Gasteiger partial charge < -0.3 is 23.7 Å². The van der Waals surface area contributed by atoms with E-state index in [-0.39, 0.29) is 11.5 Å². The van der Waals surface area contributed by atoms with E-state index >= 15 is 0 Å². The number of halogens is 1. The van der Waals surface area contributed by atoms with Crippen LogP contribution in [0.4, 0.5) is 0 Å². The first-order valence-electron chi connectivity index (χ1n) is 10.2. The average molecular weight is 467 g/mol. The molecule has 0 atom stereocenters. The van der Waals surface area contributed by atoms with Crippen LogP contribution in [0.5, 0.6) is 28.7 Å². The monoisotopic (exact) mass is 466 g/mol. The second-order valence-electron chi connectivity index (χ2n) is 7.42. The second-order valence-corrected chi connectivity index (χ2v) is 7.86. The Morgan fingerprint density at radius 2 is 1.67 bits per heavy atom. The summed E-state index contributed by atoms with van der Waals surface area (Å²) in [5.74, 6) is 2.59. The Morgan fingerprint density at radius 1 is 0.939 bits per heavy atom. The van der Waals surface area contributed by atoms with Crippen LogP contribution >= 0.6 is 11.6 Å². The zero-order valence-corrected chi connectivity index (χ0v) is 19.5. The smallest absolute Gasteiger partial charge is 0.232 e. The van der Waals surface area contributed by atoms with Crippen LogP contribution in [-0.2, 0) is 6.61 Å². The van der Waals surface area contributed by atoms with Gasteiger partial charge in [0.05, 0.1) is 26.9 Å². The summed E-state index contributed by atoms with van der Waals surface area (Å²) in [6, 6.07) is 14.4. The number of benzene rings is 3. The maximum atomic E-state index is 13.1. The summed E-state index contributed by atoms with van der Waals surface area (Å²) in [6.07, 6.45) is 1.63. The number of fused-ring (bicyclic) bond motifs is 1. The molecule has 170 valence electrons. The molecule has 0 bridgehead atoms. The van der Waals surface area contributed by atoms with Gasteiger partial charge in [0.25, 0.3) is 0 Å². The Kier molecular flexibility index (Phi) is 6.47. The Balaban J connectivity index is 1.62. The number of carbonyl (C=O) groups is 1. The summed E-state index contributed by atoms with van der Waals surface area (Å²) in [7, 11) is 4.64. The number of carbonyl (C=O) groups excluding carboxylic acids is 1. The molecule has 1 aliphatic rings. The topological polar surface area (TPSA) is 63.2 Å². The number of hydrogen-bond donors (Lipinski definition) is 0. The maximum Gasteiger partial charge on any atom is 0.232 e. The number of methoxy groups -OCH3 is 3. The minimum atomic E-state index is -0.208. The zero-order valence-electron chi connectivity index (χ0n) is 18.7. The van der Waals surface area contributed by atoms with Crippen LogP contribution in [0.15, 0.2) is 54.3 Å². The fourth-order valence-electron chi connectivity index (χ4n) is 3.66. The van der Waals surface area contributed by atoms with Gasteiger partial charge in [-0.3, -0.25) is 4.79 Å². The largest absolute Gasteiger partial charge is 0.496 e. The highest BCUT2D eigenvalue weighted by Gasteiger charge is 2.30. The number of ketones is 1. The molecule has 1 aliphatic heterocycles. The molecule has 0 aromatic heterocycles. The van der Waals surface area contributed by atoms with Crippen molar-refractivity contribution >= 4 is 23.5 Å². The molecule has 0 saturated carbocycles. The zero-order chi connectivity index (χ0) is 23.5. The molecule has 3 aromatic rings. The molecule has 1 heterocycles. The van der Waals surface area contributed by atoms with Crippen molar-refractivity contribution in [2.45, 2.75) is 13.5 Å². The Morgan fingerprint density at radius 3 is 2.36 bits per heavy atom. The molecule has 33 heavy (non-hydrogen) atoms. The van der Waals surface area contributed by atoms with Crippen molar-refractivity contribution in [3.63, 3.8) is 0 Å². The van der Waals surface area contributed by atoms with E-state index in [4.69, 9.17) is 35.3 Å². The molecule has 7 heteroatoms. The standard InChI is InChI=1S/C26H23ClO6/c1-15-8-19(32-14-16-6-5-7-18(27)9-16)12-23-25(15)26(28)24(33-23)11-17-10-21(30-3)22(31-4)13-20(17)29-2/h5-13H,14H2,1-4H3/b24-11-. The van der Waals surface area contributed by atoms with Gasteiger partial charge in [0.2, 0.25) is 5.78 Å². The lowest BCUT2D eigenvalue weighted by molar-refractivity contribution is 0.101. The third kappa shape index (κ3) is 4.61. The number of ether oxygens (including phenoxy) is 5. The van der Waals surface area contributed by atoms with Crippen LogP contribution in [0, 0.1) is 6.92 Å². The highest BCUT2D eigenvalue weighted by Crippen LogP contribution is 2.40. The molecule has 0 amide bonds. The number of rotatable bonds is 7. The summed E-state index contributed by atoms with van der Waals surface area (Å²) in [5.41, 5.74) is 2.84. The molecule has 0 radical (unpaired) electrons. The Hall–Kier alpha value is -3.64. The van der Waals surface area contributed by atoms with Crippen molar-refractivity contribution in [3.05, 3.63) is 81.6 Å². The van der Waals surface area contributed by atoms with Gasteiger partial charge >= 0.3 is 0 Å². The number of Topliss-reactive ketones (excluding diaryl/α,β-unsaturated/α-hetero) is 1. The first-order valence-corrected chi connectivity index (χ1v) is 10.6. The van der Waals surface area contributed by atoms with E-state index in [1.54, 1.807) is 45.6 Å². The van der Waals surface area contributed by atoms with Crippen LogP contribution in [0.3, 0.4) is 0 Å². The highest BCUT2D eigenvalue weighted by molar-refractivity contribution is 6.30. The molecule has 0 N–H and O–H groups in total. The van der Waals surface area contributed by atoms with E-state index in [0.717, 1.165) is 11.1 Å². The van der Waals surface area contributed by atoms with Gasteiger partial charge in [0.15, 0.2) is 17.3 Å². The molecule has 0 unspecified atom stereocenters. The normalized spacial score (nSPS) is 13.5. The number of allylic oxidation sites excluding steroid dienone is 1. The Bertz CT molecular complexity index is 1250. The van der Waals surface area contributed by atoms with E-state index in [9.17, 15) is 4.79 Å². The van der Waals surface area contributed by atoms with E-state index in [1.807, 2.05) is 37.3 Å². The molecule has 4 rings (SSSR count). The summed E-state index contributed by atoms with van der Waals surface area (Å²) < 4.78 is 28.0. The number of aryl methyl sites for hydroxylation is 1. The minimum absolute atomic E-state index is 0.186. The van der Waals surface area contributed by atoms with Crippen LogP contribution in [0.25, 0.3) is 6.08 Å². The maximum absolute atomic E-state index is 13.1. The predicted octanol–water partition coefficient (Wildman–Crippen LogP) is 5.87. The third-order valence-electron chi connectivity index (χ3n) is 5.26. The van der Waals surface area contributed by atoms with E-state index in [0.29, 0.717) is 51.5 Å². The van der Waals surface area contributed by atoms with Gasteiger partial charge in [-0.2, -0.15) is 0 Å². The summed E-state index contributed by atoms with van der Waals surface area (Å²) in [4.78, 5) is 13.1. The Labute approximate surface area is 197 Å². The SMILES string of the molecule is COc1cc(OC)c(OC)cc1/C=C1\Oc2cc(OCc3cccc(Cl)c3)cc(C)c2C1=O. The minimum Gasteiger partial charge on any atom is -0.496 e. The molecule has 3 aromatic carbocycles. The molecule has 0 fully saturated rings. The molecular formula is C26H23ClO6. The quantitative estimate of drug-likeness (QED) is 0.406. The summed E-state index contributed by atoms with van der Waals surface area (Å²) in [6.45, 7) is 2.20. The summed E-state index contributed by atoms with van der Waals surface area (Å²) in [5, 5.41) is 0.649. The van der Waals surface area contributed by atoms with Gasteiger partial charge in [-0.25, -0.2) is 0 Å².